The molecule has 0 radical (unpaired) electrons. The normalized spacial score (nSPS) is 10.8. The molecule has 0 saturated heterocycles. The molecule has 0 spiro atoms. The van der Waals surface area contributed by atoms with Crippen molar-refractivity contribution in [3.63, 3.8) is 0 Å². The first-order valence-electron chi connectivity index (χ1n) is 9.46. The number of aryl methyl sites for hydroxylation is 1. The summed E-state index contributed by atoms with van der Waals surface area (Å²) in [5, 5.41) is 8.97. The Bertz CT molecular complexity index is 794. The Labute approximate surface area is 155 Å². The standard InChI is InChI=1S/C22H27N3O/c1-3-4-5-6-10-17-25-22(19-11-8-7-9-12-19)21(23-24-25)18-13-15-20(26-2)16-14-18/h7-9,11-16H,3-6,10,17H2,1-2H3. The first kappa shape index (κ1) is 18.2. The van der Waals surface area contributed by atoms with E-state index in [4.69, 9.17) is 4.74 Å². The van der Waals surface area contributed by atoms with Crippen molar-refractivity contribution in [1.82, 2.24) is 15.0 Å². The lowest BCUT2D eigenvalue weighted by molar-refractivity contribution is 0.415. The van der Waals surface area contributed by atoms with Crippen LogP contribution in [0.1, 0.15) is 39.0 Å². The fourth-order valence-electron chi connectivity index (χ4n) is 3.16. The first-order chi connectivity index (χ1) is 12.8. The van der Waals surface area contributed by atoms with Crippen molar-refractivity contribution in [3.8, 4) is 28.3 Å². The molecule has 4 nitrogen and oxygen atoms in total. The van der Waals surface area contributed by atoms with Crippen LogP contribution in [0.2, 0.25) is 0 Å². The fourth-order valence-corrected chi connectivity index (χ4v) is 3.16. The van der Waals surface area contributed by atoms with E-state index in [0.29, 0.717) is 0 Å². The molecule has 3 aromatic rings. The van der Waals surface area contributed by atoms with Crippen molar-refractivity contribution in [2.24, 2.45) is 0 Å². The molecule has 0 N–H and O–H groups in total. The highest BCUT2D eigenvalue weighted by Gasteiger charge is 2.16. The summed E-state index contributed by atoms with van der Waals surface area (Å²) in [6.45, 7) is 3.14. The molecule has 0 fully saturated rings. The molecule has 0 aliphatic carbocycles. The molecule has 0 amide bonds. The van der Waals surface area contributed by atoms with Gasteiger partial charge in [0.15, 0.2) is 0 Å². The van der Waals surface area contributed by atoms with Crippen LogP contribution in [-0.2, 0) is 6.54 Å². The lowest BCUT2D eigenvalue weighted by Gasteiger charge is -2.09. The number of ether oxygens (including phenoxy) is 1. The largest absolute Gasteiger partial charge is 0.497 e. The average Bonchev–Trinajstić information content (AvgIpc) is 3.12. The van der Waals surface area contributed by atoms with E-state index < -0.39 is 0 Å². The van der Waals surface area contributed by atoms with E-state index in [2.05, 4.69) is 46.2 Å². The van der Waals surface area contributed by atoms with Gasteiger partial charge in [-0.3, -0.25) is 0 Å². The van der Waals surface area contributed by atoms with Crippen molar-refractivity contribution >= 4 is 0 Å². The summed E-state index contributed by atoms with van der Waals surface area (Å²) in [5.74, 6) is 0.846. The summed E-state index contributed by atoms with van der Waals surface area (Å²) in [7, 11) is 1.68. The molecule has 0 saturated carbocycles. The van der Waals surface area contributed by atoms with Crippen LogP contribution in [0.3, 0.4) is 0 Å². The Hall–Kier alpha value is -2.62. The third kappa shape index (κ3) is 4.31. The number of hydrogen-bond donors (Lipinski definition) is 0. The Morgan fingerprint density at radius 3 is 2.27 bits per heavy atom. The quantitative estimate of drug-likeness (QED) is 0.473. The predicted octanol–water partition coefficient (Wildman–Crippen LogP) is 5.59. The van der Waals surface area contributed by atoms with Crippen LogP contribution < -0.4 is 4.74 Å². The highest BCUT2D eigenvalue weighted by molar-refractivity contribution is 5.78. The molecular formula is C22H27N3O. The van der Waals surface area contributed by atoms with E-state index in [1.807, 2.05) is 30.3 Å². The van der Waals surface area contributed by atoms with Gasteiger partial charge in [-0.25, -0.2) is 4.68 Å². The van der Waals surface area contributed by atoms with Crippen molar-refractivity contribution in [1.29, 1.82) is 0 Å². The molecule has 4 heteroatoms. The van der Waals surface area contributed by atoms with Gasteiger partial charge in [0.2, 0.25) is 0 Å². The lowest BCUT2D eigenvalue weighted by atomic mass is 10.0. The van der Waals surface area contributed by atoms with Crippen molar-refractivity contribution in [2.45, 2.75) is 45.6 Å². The topological polar surface area (TPSA) is 39.9 Å². The van der Waals surface area contributed by atoms with Gasteiger partial charge in [0.05, 0.1) is 12.8 Å². The third-order valence-corrected chi connectivity index (χ3v) is 4.62. The van der Waals surface area contributed by atoms with Crippen LogP contribution >= 0.6 is 0 Å². The van der Waals surface area contributed by atoms with Crippen LogP contribution in [0.25, 0.3) is 22.5 Å². The second kappa shape index (κ2) is 9.18. The summed E-state index contributed by atoms with van der Waals surface area (Å²) in [5.41, 5.74) is 4.22. The number of methoxy groups -OCH3 is 1. The van der Waals surface area contributed by atoms with Gasteiger partial charge in [0, 0.05) is 17.7 Å². The first-order valence-corrected chi connectivity index (χ1v) is 9.46. The number of unbranched alkanes of at least 4 members (excludes halogenated alkanes) is 4. The SMILES string of the molecule is CCCCCCCn1nnc(-c2ccc(OC)cc2)c1-c1ccccc1. The van der Waals surface area contributed by atoms with Crippen LogP contribution in [0.4, 0.5) is 0 Å². The third-order valence-electron chi connectivity index (χ3n) is 4.62. The van der Waals surface area contributed by atoms with Crippen molar-refractivity contribution in [3.05, 3.63) is 54.6 Å². The zero-order valence-corrected chi connectivity index (χ0v) is 15.7. The lowest BCUT2D eigenvalue weighted by Crippen LogP contribution is -2.03. The zero-order chi connectivity index (χ0) is 18.2. The summed E-state index contributed by atoms with van der Waals surface area (Å²) < 4.78 is 7.33. The number of hydrogen-bond acceptors (Lipinski definition) is 3. The molecule has 1 aromatic heterocycles. The zero-order valence-electron chi connectivity index (χ0n) is 15.7. The molecular weight excluding hydrogens is 322 g/mol. The summed E-state index contributed by atoms with van der Waals surface area (Å²) in [6.07, 6.45) is 6.22. The Morgan fingerprint density at radius 1 is 0.846 bits per heavy atom. The van der Waals surface area contributed by atoms with Gasteiger partial charge in [-0.15, -0.1) is 5.10 Å². The van der Waals surface area contributed by atoms with Gasteiger partial charge < -0.3 is 4.74 Å². The average molecular weight is 349 g/mol. The smallest absolute Gasteiger partial charge is 0.121 e. The maximum atomic E-state index is 5.27. The highest BCUT2D eigenvalue weighted by Crippen LogP contribution is 2.31. The van der Waals surface area contributed by atoms with Gasteiger partial charge in [0.25, 0.3) is 0 Å². The summed E-state index contributed by atoms with van der Waals surface area (Å²) in [6, 6.07) is 18.4. The number of rotatable bonds is 9. The fraction of sp³-hybridized carbons (Fsp3) is 0.364. The van der Waals surface area contributed by atoms with E-state index in [1.54, 1.807) is 7.11 Å². The molecule has 0 atom stereocenters. The van der Waals surface area contributed by atoms with Crippen molar-refractivity contribution < 1.29 is 4.74 Å². The molecule has 0 aliphatic rings. The number of benzene rings is 2. The molecule has 3 rings (SSSR count). The molecule has 1 heterocycles. The monoisotopic (exact) mass is 349 g/mol. The second-order valence-electron chi connectivity index (χ2n) is 6.52. The molecule has 26 heavy (non-hydrogen) atoms. The van der Waals surface area contributed by atoms with Crippen LogP contribution in [0.15, 0.2) is 54.6 Å². The number of nitrogens with zero attached hydrogens (tertiary/aromatic N) is 3. The van der Waals surface area contributed by atoms with E-state index in [1.165, 1.54) is 25.7 Å². The minimum absolute atomic E-state index is 0.846. The van der Waals surface area contributed by atoms with E-state index >= 15 is 0 Å². The van der Waals surface area contributed by atoms with Crippen molar-refractivity contribution in [2.75, 3.05) is 7.11 Å². The second-order valence-corrected chi connectivity index (χ2v) is 6.52. The molecule has 0 bridgehead atoms. The van der Waals surface area contributed by atoms with Gasteiger partial charge in [-0.2, -0.15) is 0 Å². The molecule has 0 unspecified atom stereocenters. The minimum Gasteiger partial charge on any atom is -0.497 e. The van der Waals surface area contributed by atoms with E-state index in [0.717, 1.165) is 41.2 Å². The Morgan fingerprint density at radius 2 is 1.58 bits per heavy atom. The summed E-state index contributed by atoms with van der Waals surface area (Å²) >= 11 is 0. The van der Waals surface area contributed by atoms with Gasteiger partial charge in [-0.05, 0) is 30.7 Å². The molecule has 2 aromatic carbocycles. The van der Waals surface area contributed by atoms with E-state index in [-0.39, 0.29) is 0 Å². The van der Waals surface area contributed by atoms with Crippen LogP contribution in [0, 0.1) is 0 Å². The molecule has 0 aliphatic heterocycles. The van der Waals surface area contributed by atoms with Gasteiger partial charge in [-0.1, -0.05) is 68.2 Å². The van der Waals surface area contributed by atoms with Crippen LogP contribution in [-0.4, -0.2) is 22.1 Å². The summed E-state index contributed by atoms with van der Waals surface area (Å²) in [4.78, 5) is 0. The maximum absolute atomic E-state index is 5.27. The predicted molar refractivity (Wildman–Crippen MR) is 106 cm³/mol. The Balaban J connectivity index is 1.89. The van der Waals surface area contributed by atoms with Crippen LogP contribution in [0.5, 0.6) is 5.75 Å². The number of aromatic nitrogens is 3. The molecule has 136 valence electrons. The Kier molecular flexibility index (Phi) is 6.42. The minimum atomic E-state index is 0.846. The highest BCUT2D eigenvalue weighted by atomic mass is 16.5. The van der Waals surface area contributed by atoms with E-state index in [9.17, 15) is 0 Å². The van der Waals surface area contributed by atoms with Gasteiger partial charge in [0.1, 0.15) is 11.4 Å². The van der Waals surface area contributed by atoms with Gasteiger partial charge >= 0.3 is 0 Å². The maximum Gasteiger partial charge on any atom is 0.121 e.